The van der Waals surface area contributed by atoms with Crippen LogP contribution in [0.25, 0.3) is 0 Å². The number of phenolic OH excluding ortho intramolecular Hbond substituents is 1. The molecule has 0 aliphatic carbocycles. The van der Waals surface area contributed by atoms with Crippen molar-refractivity contribution >= 4 is 21.9 Å². The van der Waals surface area contributed by atoms with Crippen LogP contribution < -0.4 is 10.1 Å². The second-order valence-electron chi connectivity index (χ2n) is 8.43. The SMILES string of the molecule is O=C(O)[C@H](Cc1ccc(O)cc1)NC(=O)[C@@H]1CCCN1S(=O)(=O)c1ccc(Oc2ccccc2)cc1. The largest absolute Gasteiger partial charge is 0.508 e. The van der Waals surface area contributed by atoms with Crippen molar-refractivity contribution in [3.63, 3.8) is 0 Å². The van der Waals surface area contributed by atoms with E-state index in [2.05, 4.69) is 5.32 Å². The van der Waals surface area contributed by atoms with Crippen molar-refractivity contribution in [1.29, 1.82) is 0 Å². The van der Waals surface area contributed by atoms with E-state index < -0.39 is 34.0 Å². The van der Waals surface area contributed by atoms with Gasteiger partial charge in [0.15, 0.2) is 0 Å². The van der Waals surface area contributed by atoms with Crippen LogP contribution in [-0.4, -0.2) is 53.4 Å². The summed E-state index contributed by atoms with van der Waals surface area (Å²) in [6, 6.07) is 18.7. The van der Waals surface area contributed by atoms with E-state index in [1.54, 1.807) is 36.4 Å². The fourth-order valence-corrected chi connectivity index (χ4v) is 5.72. The molecular formula is C26H26N2O7S. The Morgan fingerprint density at radius 2 is 1.61 bits per heavy atom. The van der Waals surface area contributed by atoms with E-state index in [1.165, 1.54) is 24.3 Å². The van der Waals surface area contributed by atoms with Gasteiger partial charge in [-0.1, -0.05) is 30.3 Å². The second kappa shape index (κ2) is 10.8. The van der Waals surface area contributed by atoms with Crippen LogP contribution in [0.1, 0.15) is 18.4 Å². The molecule has 188 valence electrons. The third kappa shape index (κ3) is 5.84. The highest BCUT2D eigenvalue weighted by Gasteiger charge is 2.40. The summed E-state index contributed by atoms with van der Waals surface area (Å²) < 4.78 is 33.5. The number of carboxylic acid groups (broad SMARTS) is 1. The quantitative estimate of drug-likeness (QED) is 0.403. The Hall–Kier alpha value is -3.89. The van der Waals surface area contributed by atoms with Crippen LogP contribution >= 0.6 is 0 Å². The van der Waals surface area contributed by atoms with Gasteiger partial charge in [-0.2, -0.15) is 4.31 Å². The first-order valence-corrected chi connectivity index (χ1v) is 12.8. The van der Waals surface area contributed by atoms with Gasteiger partial charge in [0.1, 0.15) is 29.3 Å². The molecule has 10 heteroatoms. The predicted molar refractivity (Wildman–Crippen MR) is 131 cm³/mol. The fraction of sp³-hybridized carbons (Fsp3) is 0.231. The minimum absolute atomic E-state index is 0.0102. The van der Waals surface area contributed by atoms with Crippen LogP contribution in [0, 0.1) is 0 Å². The number of nitrogens with zero attached hydrogens (tertiary/aromatic N) is 1. The molecule has 1 amide bonds. The van der Waals surface area contributed by atoms with Gasteiger partial charge in [0.05, 0.1) is 4.90 Å². The summed E-state index contributed by atoms with van der Waals surface area (Å²) in [6.45, 7) is 0.151. The molecule has 2 atom stereocenters. The fourth-order valence-electron chi connectivity index (χ4n) is 4.07. The monoisotopic (exact) mass is 510 g/mol. The topological polar surface area (TPSA) is 133 Å². The third-order valence-corrected chi connectivity index (χ3v) is 7.83. The second-order valence-corrected chi connectivity index (χ2v) is 10.3. The molecule has 1 aliphatic rings. The van der Waals surface area contributed by atoms with Gasteiger partial charge < -0.3 is 20.3 Å². The van der Waals surface area contributed by atoms with Crippen molar-refractivity contribution in [2.24, 2.45) is 0 Å². The molecule has 0 saturated carbocycles. The van der Waals surface area contributed by atoms with E-state index in [1.807, 2.05) is 18.2 Å². The molecule has 3 aromatic carbocycles. The molecule has 1 aliphatic heterocycles. The lowest BCUT2D eigenvalue weighted by Crippen LogP contribution is -2.51. The molecule has 0 radical (unpaired) electrons. The number of phenols is 1. The zero-order chi connectivity index (χ0) is 25.7. The number of nitrogens with one attached hydrogen (secondary N) is 1. The zero-order valence-electron chi connectivity index (χ0n) is 19.3. The lowest BCUT2D eigenvalue weighted by Gasteiger charge is -2.25. The number of hydrogen-bond donors (Lipinski definition) is 3. The Bertz CT molecular complexity index is 1310. The van der Waals surface area contributed by atoms with E-state index in [-0.39, 0.29) is 30.0 Å². The highest BCUT2D eigenvalue weighted by molar-refractivity contribution is 7.89. The van der Waals surface area contributed by atoms with Crippen molar-refractivity contribution in [3.05, 3.63) is 84.4 Å². The van der Waals surface area contributed by atoms with Crippen molar-refractivity contribution < 1.29 is 33.0 Å². The number of hydrogen-bond acceptors (Lipinski definition) is 6. The van der Waals surface area contributed by atoms with Crippen molar-refractivity contribution in [2.75, 3.05) is 6.54 Å². The Kier molecular flexibility index (Phi) is 7.56. The molecule has 1 saturated heterocycles. The van der Waals surface area contributed by atoms with Crippen molar-refractivity contribution in [2.45, 2.75) is 36.2 Å². The third-order valence-electron chi connectivity index (χ3n) is 5.91. The number of ether oxygens (including phenoxy) is 1. The number of para-hydroxylation sites is 1. The number of aliphatic carboxylic acids is 1. The smallest absolute Gasteiger partial charge is 0.326 e. The summed E-state index contributed by atoms with van der Waals surface area (Å²) in [5.41, 5.74) is 0.606. The van der Waals surface area contributed by atoms with Gasteiger partial charge >= 0.3 is 5.97 Å². The van der Waals surface area contributed by atoms with Crippen molar-refractivity contribution in [1.82, 2.24) is 9.62 Å². The van der Waals surface area contributed by atoms with E-state index in [9.17, 15) is 28.2 Å². The summed E-state index contributed by atoms with van der Waals surface area (Å²) in [5.74, 6) is -0.774. The molecule has 0 spiro atoms. The maximum Gasteiger partial charge on any atom is 0.326 e. The van der Waals surface area contributed by atoms with Crippen LogP contribution in [0.4, 0.5) is 0 Å². The first-order chi connectivity index (χ1) is 17.2. The number of benzene rings is 3. The number of rotatable bonds is 9. The number of aromatic hydroxyl groups is 1. The van der Waals surface area contributed by atoms with Crippen LogP contribution in [0.15, 0.2) is 83.8 Å². The number of carbonyl (C=O) groups excluding carboxylic acids is 1. The minimum Gasteiger partial charge on any atom is -0.508 e. The lowest BCUT2D eigenvalue weighted by molar-refractivity contribution is -0.142. The molecule has 3 N–H and O–H groups in total. The Balaban J connectivity index is 1.46. The lowest BCUT2D eigenvalue weighted by atomic mass is 10.1. The Morgan fingerprint density at radius 3 is 2.25 bits per heavy atom. The average molecular weight is 511 g/mol. The van der Waals surface area contributed by atoms with Gasteiger partial charge in [-0.15, -0.1) is 0 Å². The van der Waals surface area contributed by atoms with Crippen molar-refractivity contribution in [3.8, 4) is 17.2 Å². The standard InChI is InChI=1S/C26H26N2O7S/c29-19-10-8-18(9-11-19)17-23(26(31)32)27-25(30)24-7-4-16-28(24)36(33,34)22-14-12-21(13-15-22)35-20-5-2-1-3-6-20/h1-3,5-6,8-15,23-24,29H,4,7,16-17H2,(H,27,30)(H,31,32)/t23-,24-/m0/s1. The molecule has 0 unspecified atom stereocenters. The molecule has 4 rings (SSSR count). The molecule has 0 aromatic heterocycles. The molecule has 3 aromatic rings. The van der Waals surface area contributed by atoms with Crippen LogP contribution in [0.5, 0.6) is 17.2 Å². The molecule has 1 heterocycles. The average Bonchev–Trinajstić information content (AvgIpc) is 3.37. The molecule has 0 bridgehead atoms. The summed E-state index contributed by atoms with van der Waals surface area (Å²) in [6.07, 6.45) is 0.748. The summed E-state index contributed by atoms with van der Waals surface area (Å²) in [4.78, 5) is 24.8. The molecule has 9 nitrogen and oxygen atoms in total. The number of sulfonamides is 1. The first kappa shape index (κ1) is 25.2. The summed E-state index contributed by atoms with van der Waals surface area (Å²) in [5, 5.41) is 21.5. The Labute approximate surface area is 209 Å². The maximum absolute atomic E-state index is 13.3. The van der Waals surface area contributed by atoms with Gasteiger partial charge in [-0.25, -0.2) is 13.2 Å². The summed E-state index contributed by atoms with van der Waals surface area (Å²) in [7, 11) is -4.00. The van der Waals surface area contributed by atoms with E-state index >= 15 is 0 Å². The van der Waals surface area contributed by atoms with E-state index in [0.717, 1.165) is 4.31 Å². The van der Waals surface area contributed by atoms with Gasteiger partial charge in [0, 0.05) is 13.0 Å². The molecule has 36 heavy (non-hydrogen) atoms. The highest BCUT2D eigenvalue weighted by atomic mass is 32.2. The number of carbonyl (C=O) groups is 2. The first-order valence-electron chi connectivity index (χ1n) is 11.4. The summed E-state index contributed by atoms with van der Waals surface area (Å²) >= 11 is 0. The van der Waals surface area contributed by atoms with E-state index in [0.29, 0.717) is 23.5 Å². The van der Waals surface area contributed by atoms with Crippen LogP contribution in [-0.2, 0) is 26.0 Å². The minimum atomic E-state index is -4.00. The molecule has 1 fully saturated rings. The molecular weight excluding hydrogens is 484 g/mol. The van der Waals surface area contributed by atoms with Gasteiger partial charge in [0.25, 0.3) is 0 Å². The van der Waals surface area contributed by atoms with E-state index in [4.69, 9.17) is 4.74 Å². The zero-order valence-corrected chi connectivity index (χ0v) is 20.1. The van der Waals surface area contributed by atoms with Crippen LogP contribution in [0.3, 0.4) is 0 Å². The van der Waals surface area contributed by atoms with Gasteiger partial charge in [0.2, 0.25) is 15.9 Å². The van der Waals surface area contributed by atoms with Gasteiger partial charge in [-0.3, -0.25) is 4.79 Å². The maximum atomic E-state index is 13.3. The number of carboxylic acids is 1. The number of amides is 1. The van der Waals surface area contributed by atoms with Crippen LogP contribution in [0.2, 0.25) is 0 Å². The highest BCUT2D eigenvalue weighted by Crippen LogP contribution is 2.29. The predicted octanol–water partition coefficient (Wildman–Crippen LogP) is 3.15. The van der Waals surface area contributed by atoms with Gasteiger partial charge in [-0.05, 0) is 66.9 Å². The Morgan fingerprint density at radius 1 is 0.972 bits per heavy atom. The normalized spacial score (nSPS) is 16.8.